The highest BCUT2D eigenvalue weighted by Gasteiger charge is 2.66. The molecule has 2 bridgehead atoms. The normalized spacial score (nSPS) is 31.1. The minimum atomic E-state index is -4.58. The summed E-state index contributed by atoms with van der Waals surface area (Å²) in [5, 5.41) is 1.34. The number of alkyl halides is 5. The third kappa shape index (κ3) is 3.94. The van der Waals surface area contributed by atoms with Gasteiger partial charge in [-0.1, -0.05) is 6.07 Å². The number of anilines is 1. The lowest BCUT2D eigenvalue weighted by atomic mass is 9.80. The van der Waals surface area contributed by atoms with E-state index in [0.717, 1.165) is 23.1 Å². The molecule has 2 saturated carbocycles. The van der Waals surface area contributed by atoms with E-state index in [4.69, 9.17) is 27.9 Å². The van der Waals surface area contributed by atoms with Crippen molar-refractivity contribution in [2.45, 2.75) is 23.4 Å². The van der Waals surface area contributed by atoms with Crippen LogP contribution in [0.25, 0.3) is 0 Å². The second-order valence-corrected chi connectivity index (χ2v) is 9.06. The van der Waals surface area contributed by atoms with Gasteiger partial charge >= 0.3 is 12.1 Å². The number of hydrogen-bond acceptors (Lipinski definition) is 5. The summed E-state index contributed by atoms with van der Waals surface area (Å²) in [6.07, 6.45) is -3.99. The lowest BCUT2D eigenvalue weighted by Gasteiger charge is -2.28. The Kier molecular flexibility index (Phi) is 5.87. The van der Waals surface area contributed by atoms with E-state index >= 15 is 0 Å². The molecule has 32 heavy (non-hydrogen) atoms. The molecule has 3 aliphatic rings. The van der Waals surface area contributed by atoms with E-state index in [2.05, 4.69) is 5.32 Å². The molecule has 1 N–H and O–H groups in total. The third-order valence-electron chi connectivity index (χ3n) is 6.20. The molecule has 0 unspecified atom stereocenters. The number of amides is 3. The molecule has 1 saturated heterocycles. The second-order valence-electron chi connectivity index (χ2n) is 8.05. The smallest absolute Gasteiger partial charge is 0.416 e. The molecule has 7 nitrogen and oxygen atoms in total. The number of ether oxygens (including phenoxy) is 1. The summed E-state index contributed by atoms with van der Waals surface area (Å²) in [4.78, 5) is 50.2. The number of rotatable bonds is 5. The number of benzene rings is 1. The Labute approximate surface area is 190 Å². The zero-order valence-corrected chi connectivity index (χ0v) is 17.8. The Bertz CT molecular complexity index is 956. The number of nitrogens with zero attached hydrogens (tertiary/aromatic N) is 1. The highest BCUT2D eigenvalue weighted by molar-refractivity contribution is 6.31. The van der Waals surface area contributed by atoms with Crippen LogP contribution >= 0.6 is 23.2 Å². The third-order valence-corrected chi connectivity index (χ3v) is 7.52. The zero-order valence-electron chi connectivity index (χ0n) is 16.3. The van der Waals surface area contributed by atoms with Crippen LogP contribution in [0.2, 0.25) is 0 Å². The van der Waals surface area contributed by atoms with Gasteiger partial charge in [-0.15, -0.1) is 23.2 Å². The largest absolute Gasteiger partial charge is 0.454 e. The lowest BCUT2D eigenvalue weighted by molar-refractivity contribution is -0.154. The van der Waals surface area contributed by atoms with Crippen LogP contribution in [0.3, 0.4) is 0 Å². The number of imide groups is 1. The van der Waals surface area contributed by atoms with E-state index in [1.165, 1.54) is 6.07 Å². The first-order chi connectivity index (χ1) is 15.0. The maximum Gasteiger partial charge on any atom is 0.416 e. The van der Waals surface area contributed by atoms with E-state index in [0.29, 0.717) is 6.42 Å². The molecule has 172 valence electrons. The summed E-state index contributed by atoms with van der Waals surface area (Å²) in [6.45, 7) is -1.46. The van der Waals surface area contributed by atoms with Crippen LogP contribution in [-0.4, -0.2) is 52.5 Å². The van der Waals surface area contributed by atoms with Gasteiger partial charge in [-0.3, -0.25) is 24.1 Å². The Morgan fingerprint density at radius 3 is 2.25 bits per heavy atom. The van der Waals surface area contributed by atoms with E-state index in [1.807, 2.05) is 0 Å². The first-order valence-corrected chi connectivity index (χ1v) is 10.6. The summed E-state index contributed by atoms with van der Waals surface area (Å²) in [5.41, 5.74) is -1.07. The van der Waals surface area contributed by atoms with Crippen LogP contribution < -0.4 is 5.32 Å². The van der Waals surface area contributed by atoms with Crippen molar-refractivity contribution in [3.8, 4) is 0 Å². The highest BCUT2D eigenvalue weighted by atomic mass is 35.5. The Hall–Kier alpha value is -2.33. The van der Waals surface area contributed by atoms with E-state index in [9.17, 15) is 32.3 Å². The van der Waals surface area contributed by atoms with Crippen LogP contribution in [0.1, 0.15) is 12.0 Å². The lowest BCUT2D eigenvalue weighted by Crippen LogP contribution is -2.38. The number of carbonyl (C=O) groups is 4. The molecule has 0 spiro atoms. The standard InChI is InChI=1S/C20H17Cl2F3N2O5/c21-16-10-5-11(17(16)22)15-14(10)18(30)27(19(15)31)6-13(29)32-7-12(28)26-9-3-1-2-8(4-9)20(23,24)25/h1-4,10-11,14-17H,5-7H2,(H,26,28)/t10-,11-,14-,15-,16-,17+/m1/s1. The van der Waals surface area contributed by atoms with Gasteiger partial charge in [-0.25, -0.2) is 0 Å². The van der Waals surface area contributed by atoms with Crippen molar-refractivity contribution in [3.05, 3.63) is 29.8 Å². The van der Waals surface area contributed by atoms with Crippen molar-refractivity contribution in [1.82, 2.24) is 4.90 Å². The Morgan fingerprint density at radius 2 is 1.69 bits per heavy atom. The number of fused-ring (bicyclic) bond motifs is 5. The minimum absolute atomic E-state index is 0.125. The van der Waals surface area contributed by atoms with E-state index in [-0.39, 0.29) is 17.5 Å². The summed E-state index contributed by atoms with van der Waals surface area (Å²) < 4.78 is 43.0. The van der Waals surface area contributed by atoms with Crippen molar-refractivity contribution in [2.75, 3.05) is 18.5 Å². The fourth-order valence-corrected chi connectivity index (χ4v) is 5.75. The number of hydrogen-bond donors (Lipinski definition) is 1. The van der Waals surface area contributed by atoms with Gasteiger partial charge in [-0.05, 0) is 36.5 Å². The maximum absolute atomic E-state index is 12.7. The molecule has 3 amide bonds. The minimum Gasteiger partial charge on any atom is -0.454 e. The first kappa shape index (κ1) is 22.8. The molecule has 1 aromatic carbocycles. The molecule has 1 aromatic rings. The average molecular weight is 493 g/mol. The van der Waals surface area contributed by atoms with Crippen molar-refractivity contribution >= 4 is 52.6 Å². The van der Waals surface area contributed by atoms with Gasteiger partial charge in [-0.2, -0.15) is 13.2 Å². The Balaban J connectivity index is 1.31. The van der Waals surface area contributed by atoms with Gasteiger partial charge in [0.15, 0.2) is 6.61 Å². The number of esters is 1. The van der Waals surface area contributed by atoms with Gasteiger partial charge in [0.1, 0.15) is 6.54 Å². The SMILES string of the molecule is O=C(COC(=O)CN1C(=O)[C@@H]2[C@H]3C[C@@H]([C@@H](Cl)[C@H]3Cl)[C@H]2C1=O)Nc1cccc(C(F)(F)F)c1. The molecular weight excluding hydrogens is 476 g/mol. The summed E-state index contributed by atoms with van der Waals surface area (Å²) in [5.74, 6) is -4.57. The molecule has 4 rings (SSSR count). The average Bonchev–Trinajstić information content (AvgIpc) is 3.33. The van der Waals surface area contributed by atoms with Crippen molar-refractivity contribution in [2.24, 2.45) is 23.7 Å². The second kappa shape index (κ2) is 8.22. The fraction of sp³-hybridized carbons (Fsp3) is 0.500. The van der Waals surface area contributed by atoms with Gasteiger partial charge in [0.2, 0.25) is 11.8 Å². The molecule has 1 heterocycles. The number of likely N-dealkylation sites (tertiary alicyclic amines) is 1. The summed E-state index contributed by atoms with van der Waals surface area (Å²) >= 11 is 12.5. The van der Waals surface area contributed by atoms with Gasteiger partial charge in [0.05, 0.1) is 28.2 Å². The van der Waals surface area contributed by atoms with Crippen LogP contribution in [0.4, 0.5) is 18.9 Å². The molecule has 2 aliphatic carbocycles. The summed E-state index contributed by atoms with van der Waals surface area (Å²) in [6, 6.07) is 3.95. The molecule has 0 radical (unpaired) electrons. The quantitative estimate of drug-likeness (QED) is 0.387. The fourth-order valence-electron chi connectivity index (χ4n) is 4.86. The predicted molar refractivity (Wildman–Crippen MR) is 106 cm³/mol. The highest BCUT2D eigenvalue weighted by Crippen LogP contribution is 2.59. The van der Waals surface area contributed by atoms with Crippen LogP contribution in [0, 0.1) is 23.7 Å². The van der Waals surface area contributed by atoms with E-state index in [1.54, 1.807) is 0 Å². The first-order valence-electron chi connectivity index (χ1n) is 9.75. The summed E-state index contributed by atoms with van der Waals surface area (Å²) in [7, 11) is 0. The monoisotopic (exact) mass is 492 g/mol. The molecule has 12 heteroatoms. The number of nitrogens with one attached hydrogen (secondary N) is 1. The predicted octanol–water partition coefficient (Wildman–Crippen LogP) is 2.65. The van der Waals surface area contributed by atoms with Gasteiger partial charge in [0, 0.05) is 5.69 Å². The Morgan fingerprint density at radius 1 is 1.09 bits per heavy atom. The maximum atomic E-state index is 12.7. The molecular formula is C20H17Cl2F3N2O5. The molecule has 1 aliphatic heterocycles. The zero-order chi connectivity index (χ0) is 23.4. The van der Waals surface area contributed by atoms with Crippen molar-refractivity contribution in [1.29, 1.82) is 0 Å². The van der Waals surface area contributed by atoms with Gasteiger partial charge < -0.3 is 10.1 Å². The van der Waals surface area contributed by atoms with Crippen LogP contribution in [0.5, 0.6) is 0 Å². The van der Waals surface area contributed by atoms with Gasteiger partial charge in [0.25, 0.3) is 5.91 Å². The van der Waals surface area contributed by atoms with Crippen molar-refractivity contribution < 1.29 is 37.1 Å². The molecule has 6 atom stereocenters. The van der Waals surface area contributed by atoms with Crippen molar-refractivity contribution in [3.63, 3.8) is 0 Å². The molecule has 3 fully saturated rings. The number of halogens is 5. The van der Waals surface area contributed by atoms with Crippen LogP contribution in [0.15, 0.2) is 24.3 Å². The topological polar surface area (TPSA) is 92.8 Å². The molecule has 0 aromatic heterocycles. The van der Waals surface area contributed by atoms with Crippen LogP contribution in [-0.2, 0) is 30.1 Å². The number of carbonyl (C=O) groups excluding carboxylic acids is 4. The van der Waals surface area contributed by atoms with E-state index < -0.39 is 71.2 Å².